The third kappa shape index (κ3) is 3.31. The molecular formula is C12H13BrN4. The average Bonchev–Trinajstić information content (AvgIpc) is 2.28. The van der Waals surface area contributed by atoms with E-state index >= 15 is 0 Å². The number of hydrogen-bond donors (Lipinski definition) is 1. The van der Waals surface area contributed by atoms with Crippen LogP contribution in [0, 0.1) is 0 Å². The molecule has 1 aromatic heterocycles. The van der Waals surface area contributed by atoms with Crippen molar-refractivity contribution in [2.45, 2.75) is 19.4 Å². The van der Waals surface area contributed by atoms with Crippen LogP contribution < -0.4 is 5.73 Å². The number of aromatic nitrogens is 3. The maximum absolute atomic E-state index is 5.72. The molecule has 0 saturated heterocycles. The molecule has 1 aromatic carbocycles. The third-order valence-electron chi connectivity index (χ3n) is 2.23. The largest absolute Gasteiger partial charge is 0.328 e. The minimum atomic E-state index is 0.0366. The summed E-state index contributed by atoms with van der Waals surface area (Å²) in [5.41, 5.74) is 7.55. The van der Waals surface area contributed by atoms with Crippen LogP contribution in [0.15, 0.2) is 34.9 Å². The molecule has 4 nitrogen and oxygen atoms in total. The van der Waals surface area contributed by atoms with Gasteiger partial charge in [0.25, 0.3) is 0 Å². The first kappa shape index (κ1) is 12.1. The highest BCUT2D eigenvalue weighted by molar-refractivity contribution is 9.10. The first-order valence-electron chi connectivity index (χ1n) is 5.35. The molecule has 0 aliphatic heterocycles. The van der Waals surface area contributed by atoms with E-state index < -0.39 is 0 Å². The predicted molar refractivity (Wildman–Crippen MR) is 70.3 cm³/mol. The zero-order valence-corrected chi connectivity index (χ0v) is 11.1. The summed E-state index contributed by atoms with van der Waals surface area (Å²) in [5, 5.41) is 7.94. The Hall–Kier alpha value is -1.33. The maximum atomic E-state index is 5.72. The van der Waals surface area contributed by atoms with Crippen LogP contribution in [0.4, 0.5) is 0 Å². The van der Waals surface area contributed by atoms with Gasteiger partial charge in [-0.25, -0.2) is 4.98 Å². The van der Waals surface area contributed by atoms with Gasteiger partial charge in [0.2, 0.25) is 0 Å². The van der Waals surface area contributed by atoms with Gasteiger partial charge in [-0.2, -0.15) is 5.10 Å². The van der Waals surface area contributed by atoms with Crippen LogP contribution in [0.5, 0.6) is 0 Å². The summed E-state index contributed by atoms with van der Waals surface area (Å²) < 4.78 is 1.02. The molecule has 5 heteroatoms. The van der Waals surface area contributed by atoms with E-state index in [1.807, 2.05) is 31.2 Å². The number of nitrogens with two attached hydrogens (primary N) is 1. The van der Waals surface area contributed by atoms with Crippen molar-refractivity contribution < 1.29 is 0 Å². The summed E-state index contributed by atoms with van der Waals surface area (Å²) in [6.45, 7) is 1.93. The Bertz CT molecular complexity index is 513. The quantitative estimate of drug-likeness (QED) is 0.942. The predicted octanol–water partition coefficient (Wildman–Crippen LogP) is 2.19. The van der Waals surface area contributed by atoms with Gasteiger partial charge < -0.3 is 5.73 Å². The van der Waals surface area contributed by atoms with Crippen molar-refractivity contribution in [3.63, 3.8) is 0 Å². The fraction of sp³-hybridized carbons (Fsp3) is 0.250. The molecule has 0 aliphatic carbocycles. The lowest BCUT2D eigenvalue weighted by atomic mass is 10.1. The molecular weight excluding hydrogens is 280 g/mol. The van der Waals surface area contributed by atoms with Gasteiger partial charge in [-0.3, -0.25) is 0 Å². The van der Waals surface area contributed by atoms with E-state index in [4.69, 9.17) is 5.73 Å². The van der Waals surface area contributed by atoms with Crippen LogP contribution in [0.3, 0.4) is 0 Å². The third-order valence-corrected chi connectivity index (χ3v) is 2.72. The molecule has 0 radical (unpaired) electrons. The standard InChI is InChI=1S/C12H13BrN4/c1-8(14)5-12-16-11(7-15-17-12)9-3-2-4-10(13)6-9/h2-4,6-8H,5,14H2,1H3. The van der Waals surface area contributed by atoms with Crippen molar-refractivity contribution in [3.8, 4) is 11.3 Å². The summed E-state index contributed by atoms with van der Waals surface area (Å²) in [6.07, 6.45) is 2.29. The minimum absolute atomic E-state index is 0.0366. The highest BCUT2D eigenvalue weighted by Crippen LogP contribution is 2.20. The molecule has 0 amide bonds. The second-order valence-electron chi connectivity index (χ2n) is 3.95. The van der Waals surface area contributed by atoms with E-state index in [0.29, 0.717) is 12.2 Å². The molecule has 0 saturated carbocycles. The van der Waals surface area contributed by atoms with Gasteiger partial charge in [0, 0.05) is 22.5 Å². The zero-order valence-electron chi connectivity index (χ0n) is 9.47. The molecule has 1 unspecified atom stereocenters. The molecule has 1 atom stereocenters. The molecule has 2 aromatic rings. The number of rotatable bonds is 3. The van der Waals surface area contributed by atoms with Crippen LogP contribution >= 0.6 is 15.9 Å². The van der Waals surface area contributed by atoms with Crippen LogP contribution in [-0.4, -0.2) is 21.2 Å². The SMILES string of the molecule is CC(N)Cc1nncc(-c2cccc(Br)c2)n1. The Morgan fingerprint density at radius 3 is 2.94 bits per heavy atom. The molecule has 0 aliphatic rings. The summed E-state index contributed by atoms with van der Waals surface area (Å²) in [5.74, 6) is 0.678. The van der Waals surface area contributed by atoms with Gasteiger partial charge in [-0.05, 0) is 19.1 Å². The molecule has 1 heterocycles. The van der Waals surface area contributed by atoms with Crippen LogP contribution in [-0.2, 0) is 6.42 Å². The topological polar surface area (TPSA) is 64.7 Å². The van der Waals surface area contributed by atoms with E-state index in [9.17, 15) is 0 Å². The summed E-state index contributed by atoms with van der Waals surface area (Å²) in [7, 11) is 0. The van der Waals surface area contributed by atoms with Crippen molar-refractivity contribution in [3.05, 3.63) is 40.8 Å². The number of hydrogen-bond acceptors (Lipinski definition) is 4. The fourth-order valence-electron chi connectivity index (χ4n) is 1.50. The first-order chi connectivity index (χ1) is 8.15. The van der Waals surface area contributed by atoms with Crippen molar-refractivity contribution in [1.82, 2.24) is 15.2 Å². The van der Waals surface area contributed by atoms with Gasteiger partial charge >= 0.3 is 0 Å². The highest BCUT2D eigenvalue weighted by atomic mass is 79.9. The van der Waals surface area contributed by atoms with Gasteiger partial charge in [-0.1, -0.05) is 28.1 Å². The summed E-state index contributed by atoms with van der Waals surface area (Å²) in [4.78, 5) is 4.45. The lowest BCUT2D eigenvalue weighted by molar-refractivity contribution is 0.686. The normalized spacial score (nSPS) is 12.4. The van der Waals surface area contributed by atoms with E-state index in [2.05, 4.69) is 31.1 Å². The molecule has 2 N–H and O–H groups in total. The highest BCUT2D eigenvalue weighted by Gasteiger charge is 2.05. The Morgan fingerprint density at radius 2 is 2.24 bits per heavy atom. The molecule has 88 valence electrons. The van der Waals surface area contributed by atoms with Crippen LogP contribution in [0.1, 0.15) is 12.7 Å². The Balaban J connectivity index is 2.33. The van der Waals surface area contributed by atoms with Crippen molar-refractivity contribution in [2.24, 2.45) is 5.73 Å². The van der Waals surface area contributed by atoms with E-state index in [1.165, 1.54) is 0 Å². The zero-order chi connectivity index (χ0) is 12.3. The van der Waals surface area contributed by atoms with E-state index in [0.717, 1.165) is 15.7 Å². The Kier molecular flexibility index (Phi) is 3.81. The Morgan fingerprint density at radius 1 is 1.41 bits per heavy atom. The molecule has 0 bridgehead atoms. The summed E-state index contributed by atoms with van der Waals surface area (Å²) >= 11 is 3.43. The minimum Gasteiger partial charge on any atom is -0.328 e. The molecule has 17 heavy (non-hydrogen) atoms. The lowest BCUT2D eigenvalue weighted by Gasteiger charge is -2.05. The average molecular weight is 293 g/mol. The van der Waals surface area contributed by atoms with Gasteiger partial charge in [0.05, 0.1) is 11.9 Å². The Labute approximate surface area is 108 Å². The van der Waals surface area contributed by atoms with Gasteiger partial charge in [0.15, 0.2) is 5.82 Å². The van der Waals surface area contributed by atoms with Crippen LogP contribution in [0.25, 0.3) is 11.3 Å². The van der Waals surface area contributed by atoms with Crippen molar-refractivity contribution >= 4 is 15.9 Å². The number of nitrogens with zero attached hydrogens (tertiary/aromatic N) is 3. The van der Waals surface area contributed by atoms with Crippen molar-refractivity contribution in [2.75, 3.05) is 0 Å². The van der Waals surface area contributed by atoms with Crippen LogP contribution in [0.2, 0.25) is 0 Å². The maximum Gasteiger partial charge on any atom is 0.153 e. The number of benzene rings is 1. The molecule has 0 spiro atoms. The lowest BCUT2D eigenvalue weighted by Crippen LogP contribution is -2.19. The van der Waals surface area contributed by atoms with Gasteiger partial charge in [0.1, 0.15) is 0 Å². The van der Waals surface area contributed by atoms with E-state index in [1.54, 1.807) is 6.20 Å². The summed E-state index contributed by atoms with van der Waals surface area (Å²) in [6, 6.07) is 7.97. The number of halogens is 1. The molecule has 0 fully saturated rings. The fourth-order valence-corrected chi connectivity index (χ4v) is 1.90. The van der Waals surface area contributed by atoms with Gasteiger partial charge in [-0.15, -0.1) is 5.10 Å². The molecule has 2 rings (SSSR count). The first-order valence-corrected chi connectivity index (χ1v) is 6.14. The second-order valence-corrected chi connectivity index (χ2v) is 4.87. The van der Waals surface area contributed by atoms with E-state index in [-0.39, 0.29) is 6.04 Å². The van der Waals surface area contributed by atoms with Crippen molar-refractivity contribution in [1.29, 1.82) is 0 Å². The smallest absolute Gasteiger partial charge is 0.153 e. The monoisotopic (exact) mass is 292 g/mol. The second kappa shape index (κ2) is 5.33.